The molecule has 2 heterocycles. The zero-order valence-corrected chi connectivity index (χ0v) is 12.2. The van der Waals surface area contributed by atoms with E-state index in [0.29, 0.717) is 25.9 Å². The van der Waals surface area contributed by atoms with E-state index in [1.165, 1.54) is 11.1 Å². The Hall–Kier alpha value is -1.36. The lowest BCUT2D eigenvalue weighted by atomic mass is 9.97. The summed E-state index contributed by atoms with van der Waals surface area (Å²) in [6, 6.07) is 8.15. The average Bonchev–Trinajstić information content (AvgIpc) is 2.45. The maximum Gasteiger partial charge on any atom is 0.227 e. The molecule has 108 valence electrons. The second-order valence-electron chi connectivity index (χ2n) is 5.73. The highest BCUT2D eigenvalue weighted by atomic mass is 32.2. The minimum absolute atomic E-state index is 0.0165. The van der Waals surface area contributed by atoms with Gasteiger partial charge in [-0.1, -0.05) is 24.3 Å². The molecular formula is C15H19NO3S. The fourth-order valence-corrected chi connectivity index (χ4v) is 4.86. The number of rotatable bonds is 1. The minimum Gasteiger partial charge on any atom is -0.338 e. The number of fused-ring (bicyclic) bond motifs is 1. The summed E-state index contributed by atoms with van der Waals surface area (Å²) >= 11 is 0. The monoisotopic (exact) mass is 293 g/mol. The second kappa shape index (κ2) is 5.20. The molecule has 0 saturated carbocycles. The first kappa shape index (κ1) is 13.6. The van der Waals surface area contributed by atoms with E-state index in [-0.39, 0.29) is 23.3 Å². The van der Waals surface area contributed by atoms with Crippen LogP contribution in [0.15, 0.2) is 24.3 Å². The van der Waals surface area contributed by atoms with E-state index in [9.17, 15) is 13.2 Å². The third-order valence-electron chi connectivity index (χ3n) is 4.25. The summed E-state index contributed by atoms with van der Waals surface area (Å²) < 4.78 is 23.4. The lowest BCUT2D eigenvalue weighted by Crippen LogP contribution is -2.43. The van der Waals surface area contributed by atoms with E-state index >= 15 is 0 Å². The van der Waals surface area contributed by atoms with Crippen LogP contribution in [0.2, 0.25) is 0 Å². The normalized spacial score (nSPS) is 25.0. The molecule has 0 aliphatic carbocycles. The number of sulfone groups is 1. The van der Waals surface area contributed by atoms with Crippen LogP contribution in [0.4, 0.5) is 0 Å². The number of amides is 1. The molecule has 20 heavy (non-hydrogen) atoms. The molecule has 1 aromatic rings. The lowest BCUT2D eigenvalue weighted by Gasteiger charge is -2.33. The molecule has 1 amide bonds. The summed E-state index contributed by atoms with van der Waals surface area (Å²) in [5.74, 6) is -0.0503. The van der Waals surface area contributed by atoms with E-state index in [1.54, 1.807) is 0 Å². The Balaban J connectivity index is 1.73. The first-order valence-corrected chi connectivity index (χ1v) is 8.93. The van der Waals surface area contributed by atoms with Gasteiger partial charge in [0, 0.05) is 13.1 Å². The highest BCUT2D eigenvalue weighted by molar-refractivity contribution is 7.91. The van der Waals surface area contributed by atoms with Crippen LogP contribution in [0.25, 0.3) is 0 Å². The Morgan fingerprint density at radius 3 is 2.70 bits per heavy atom. The van der Waals surface area contributed by atoms with Crippen LogP contribution in [0.5, 0.6) is 0 Å². The second-order valence-corrected chi connectivity index (χ2v) is 7.96. The van der Waals surface area contributed by atoms with Crippen molar-refractivity contribution < 1.29 is 13.2 Å². The maximum atomic E-state index is 12.5. The first-order valence-electron chi connectivity index (χ1n) is 7.11. The summed E-state index contributed by atoms with van der Waals surface area (Å²) in [7, 11) is -3.02. The van der Waals surface area contributed by atoms with Gasteiger partial charge in [0.05, 0.1) is 17.4 Å². The molecule has 1 aromatic carbocycles. The molecule has 3 rings (SSSR count). The fraction of sp³-hybridized carbons (Fsp3) is 0.533. The van der Waals surface area contributed by atoms with E-state index < -0.39 is 9.84 Å². The molecule has 1 unspecified atom stereocenters. The molecule has 2 aliphatic heterocycles. The Labute approximate surface area is 119 Å². The molecule has 0 radical (unpaired) electrons. The summed E-state index contributed by atoms with van der Waals surface area (Å²) in [6.07, 6.45) is 2.18. The van der Waals surface area contributed by atoms with Gasteiger partial charge in [-0.05, 0) is 30.4 Å². The van der Waals surface area contributed by atoms with Crippen molar-refractivity contribution in [2.75, 3.05) is 18.1 Å². The summed E-state index contributed by atoms with van der Waals surface area (Å²) in [5, 5.41) is 0. The SMILES string of the molecule is O=C(C1CCCS(=O)(=O)C1)N1CCc2ccccc2C1. The van der Waals surface area contributed by atoms with Gasteiger partial charge in [0.25, 0.3) is 0 Å². The van der Waals surface area contributed by atoms with Crippen LogP contribution < -0.4 is 0 Å². The van der Waals surface area contributed by atoms with Crippen molar-refractivity contribution in [2.45, 2.75) is 25.8 Å². The van der Waals surface area contributed by atoms with Crippen LogP contribution >= 0.6 is 0 Å². The van der Waals surface area contributed by atoms with E-state index in [0.717, 1.165) is 6.42 Å². The van der Waals surface area contributed by atoms with Gasteiger partial charge < -0.3 is 4.90 Å². The zero-order valence-electron chi connectivity index (χ0n) is 11.4. The van der Waals surface area contributed by atoms with Crippen LogP contribution in [0.3, 0.4) is 0 Å². The smallest absolute Gasteiger partial charge is 0.227 e. The molecule has 0 aromatic heterocycles. The Bertz CT molecular complexity index is 624. The van der Waals surface area contributed by atoms with Crippen LogP contribution in [0, 0.1) is 5.92 Å². The summed E-state index contributed by atoms with van der Waals surface area (Å²) in [5.41, 5.74) is 2.48. The van der Waals surface area contributed by atoms with E-state index in [4.69, 9.17) is 0 Å². The predicted molar refractivity (Wildman–Crippen MR) is 76.9 cm³/mol. The molecule has 4 nitrogen and oxygen atoms in total. The van der Waals surface area contributed by atoms with Gasteiger partial charge in [-0.2, -0.15) is 0 Å². The number of nitrogens with zero attached hydrogens (tertiary/aromatic N) is 1. The Kier molecular flexibility index (Phi) is 3.54. The maximum absolute atomic E-state index is 12.5. The number of carbonyl (C=O) groups excluding carboxylic acids is 1. The van der Waals surface area contributed by atoms with Crippen LogP contribution in [-0.2, 0) is 27.6 Å². The van der Waals surface area contributed by atoms with Crippen molar-refractivity contribution in [3.8, 4) is 0 Å². The van der Waals surface area contributed by atoms with Crippen LogP contribution in [0.1, 0.15) is 24.0 Å². The van der Waals surface area contributed by atoms with Crippen molar-refractivity contribution in [1.29, 1.82) is 0 Å². The molecule has 1 atom stereocenters. The predicted octanol–water partition coefficient (Wildman–Crippen LogP) is 1.40. The van der Waals surface area contributed by atoms with Gasteiger partial charge >= 0.3 is 0 Å². The third kappa shape index (κ3) is 2.73. The number of carbonyl (C=O) groups is 1. The fourth-order valence-electron chi connectivity index (χ4n) is 3.16. The van der Waals surface area contributed by atoms with Crippen molar-refractivity contribution >= 4 is 15.7 Å². The minimum atomic E-state index is -3.02. The molecule has 0 N–H and O–H groups in total. The van der Waals surface area contributed by atoms with Crippen molar-refractivity contribution in [3.63, 3.8) is 0 Å². The number of benzene rings is 1. The third-order valence-corrected chi connectivity index (χ3v) is 6.08. The number of hydrogen-bond acceptors (Lipinski definition) is 3. The van der Waals surface area contributed by atoms with Gasteiger partial charge in [-0.3, -0.25) is 4.79 Å². The van der Waals surface area contributed by atoms with E-state index in [2.05, 4.69) is 6.07 Å². The zero-order chi connectivity index (χ0) is 14.2. The highest BCUT2D eigenvalue weighted by Gasteiger charge is 2.33. The first-order chi connectivity index (χ1) is 9.55. The van der Waals surface area contributed by atoms with Gasteiger partial charge in [0.2, 0.25) is 5.91 Å². The van der Waals surface area contributed by atoms with Crippen molar-refractivity contribution in [1.82, 2.24) is 4.90 Å². The molecule has 1 fully saturated rings. The van der Waals surface area contributed by atoms with Crippen molar-refractivity contribution in [3.05, 3.63) is 35.4 Å². The average molecular weight is 293 g/mol. The number of hydrogen-bond donors (Lipinski definition) is 0. The van der Waals surface area contributed by atoms with Crippen LogP contribution in [-0.4, -0.2) is 37.3 Å². The molecule has 5 heteroatoms. The van der Waals surface area contributed by atoms with Crippen molar-refractivity contribution in [2.24, 2.45) is 5.92 Å². The molecule has 0 bridgehead atoms. The van der Waals surface area contributed by atoms with Gasteiger partial charge in [-0.15, -0.1) is 0 Å². The largest absolute Gasteiger partial charge is 0.338 e. The lowest BCUT2D eigenvalue weighted by molar-refractivity contribution is -0.136. The topological polar surface area (TPSA) is 54.5 Å². The Morgan fingerprint density at radius 2 is 1.95 bits per heavy atom. The van der Waals surface area contributed by atoms with Gasteiger partial charge in [0.1, 0.15) is 0 Å². The summed E-state index contributed by atoms with van der Waals surface area (Å²) in [6.45, 7) is 1.32. The highest BCUT2D eigenvalue weighted by Crippen LogP contribution is 2.24. The van der Waals surface area contributed by atoms with Gasteiger partial charge in [-0.25, -0.2) is 8.42 Å². The quantitative estimate of drug-likeness (QED) is 0.786. The molecule has 0 spiro atoms. The molecule has 1 saturated heterocycles. The Morgan fingerprint density at radius 1 is 1.20 bits per heavy atom. The van der Waals surface area contributed by atoms with Gasteiger partial charge in [0.15, 0.2) is 9.84 Å². The van der Waals surface area contributed by atoms with E-state index in [1.807, 2.05) is 23.1 Å². The molecular weight excluding hydrogens is 274 g/mol. The standard InChI is InChI=1S/C15H19NO3S/c17-15(14-6-3-9-20(18,19)11-14)16-8-7-12-4-1-2-5-13(12)10-16/h1-2,4-5,14H,3,6-11H2. The summed E-state index contributed by atoms with van der Waals surface area (Å²) in [4.78, 5) is 14.3. The molecule has 2 aliphatic rings.